The second-order valence-electron chi connectivity index (χ2n) is 3.36. The third-order valence-corrected chi connectivity index (χ3v) is 2.28. The number of benzene rings is 1. The summed E-state index contributed by atoms with van der Waals surface area (Å²) >= 11 is 0. The van der Waals surface area contributed by atoms with Crippen LogP contribution in [0.1, 0.15) is 12.0 Å². The predicted octanol–water partition coefficient (Wildman–Crippen LogP) is 1.52. The standard InChI is InChI=1S/C11H11NO3/c12-8-1-2-10-9(6-8)7(3-4-15-10)5-11(13)14/h1-2,5-6H,3-4,12H2,(H,13,14). The van der Waals surface area contributed by atoms with Gasteiger partial charge in [-0.15, -0.1) is 0 Å². The minimum atomic E-state index is -0.944. The van der Waals surface area contributed by atoms with Gasteiger partial charge in [0.25, 0.3) is 0 Å². The first kappa shape index (κ1) is 9.58. The number of rotatable bonds is 1. The summed E-state index contributed by atoms with van der Waals surface area (Å²) in [5.41, 5.74) is 7.79. The van der Waals surface area contributed by atoms with Gasteiger partial charge in [0.15, 0.2) is 0 Å². The topological polar surface area (TPSA) is 72.6 Å². The number of carboxylic acids is 1. The van der Waals surface area contributed by atoms with Gasteiger partial charge in [0.05, 0.1) is 6.61 Å². The Labute approximate surface area is 87.0 Å². The summed E-state index contributed by atoms with van der Waals surface area (Å²) in [7, 11) is 0. The van der Waals surface area contributed by atoms with Crippen LogP contribution in [0.15, 0.2) is 24.3 Å². The molecule has 0 unspecified atom stereocenters. The van der Waals surface area contributed by atoms with Crippen LogP contribution in [0.4, 0.5) is 5.69 Å². The van der Waals surface area contributed by atoms with Crippen LogP contribution >= 0.6 is 0 Å². The van der Waals surface area contributed by atoms with Crippen LogP contribution in [0.2, 0.25) is 0 Å². The number of hydrogen-bond donors (Lipinski definition) is 2. The van der Waals surface area contributed by atoms with Crippen molar-refractivity contribution in [1.82, 2.24) is 0 Å². The van der Waals surface area contributed by atoms with E-state index in [9.17, 15) is 4.79 Å². The minimum Gasteiger partial charge on any atom is -0.493 e. The quantitative estimate of drug-likeness (QED) is 0.538. The maximum Gasteiger partial charge on any atom is 0.328 e. The van der Waals surface area contributed by atoms with Crippen LogP contribution in [0.3, 0.4) is 0 Å². The average molecular weight is 205 g/mol. The Hall–Kier alpha value is -1.97. The highest BCUT2D eigenvalue weighted by Crippen LogP contribution is 2.33. The first-order valence-electron chi connectivity index (χ1n) is 4.63. The van der Waals surface area contributed by atoms with Gasteiger partial charge in [0.2, 0.25) is 0 Å². The maximum absolute atomic E-state index is 10.6. The zero-order valence-electron chi connectivity index (χ0n) is 8.06. The van der Waals surface area contributed by atoms with E-state index in [4.69, 9.17) is 15.6 Å². The van der Waals surface area contributed by atoms with Gasteiger partial charge in [0.1, 0.15) is 5.75 Å². The molecule has 0 saturated heterocycles. The van der Waals surface area contributed by atoms with Crippen LogP contribution in [0, 0.1) is 0 Å². The molecule has 0 saturated carbocycles. The SMILES string of the molecule is Nc1ccc2c(c1)C(=CC(=O)O)CCO2. The van der Waals surface area contributed by atoms with E-state index in [2.05, 4.69) is 0 Å². The molecule has 4 heteroatoms. The van der Waals surface area contributed by atoms with Crippen molar-refractivity contribution >= 4 is 17.2 Å². The number of hydrogen-bond acceptors (Lipinski definition) is 3. The van der Waals surface area contributed by atoms with Crippen molar-refractivity contribution in [2.75, 3.05) is 12.3 Å². The van der Waals surface area contributed by atoms with Crippen LogP contribution < -0.4 is 10.5 Å². The zero-order valence-corrected chi connectivity index (χ0v) is 8.06. The number of aliphatic carboxylic acids is 1. The summed E-state index contributed by atoms with van der Waals surface area (Å²) in [5.74, 6) is -0.247. The molecule has 1 aromatic carbocycles. The smallest absolute Gasteiger partial charge is 0.328 e. The van der Waals surface area contributed by atoms with E-state index in [1.165, 1.54) is 6.08 Å². The van der Waals surface area contributed by atoms with Gasteiger partial charge in [-0.2, -0.15) is 0 Å². The number of anilines is 1. The first-order valence-corrected chi connectivity index (χ1v) is 4.63. The maximum atomic E-state index is 10.6. The largest absolute Gasteiger partial charge is 0.493 e. The van der Waals surface area contributed by atoms with Gasteiger partial charge in [0, 0.05) is 23.7 Å². The molecule has 0 aromatic heterocycles. The molecule has 0 spiro atoms. The summed E-state index contributed by atoms with van der Waals surface area (Å²) in [6.45, 7) is 0.510. The highest BCUT2D eigenvalue weighted by molar-refractivity contribution is 5.91. The summed E-state index contributed by atoms with van der Waals surface area (Å²) in [5, 5.41) is 8.71. The molecule has 0 bridgehead atoms. The van der Waals surface area contributed by atoms with E-state index in [1.54, 1.807) is 18.2 Å². The molecule has 78 valence electrons. The highest BCUT2D eigenvalue weighted by atomic mass is 16.5. The summed E-state index contributed by atoms with van der Waals surface area (Å²) in [6, 6.07) is 5.24. The summed E-state index contributed by atoms with van der Waals surface area (Å²) in [6.07, 6.45) is 1.81. The lowest BCUT2D eigenvalue weighted by atomic mass is 9.99. The number of nitrogen functional groups attached to an aromatic ring is 1. The molecule has 2 rings (SSSR count). The van der Waals surface area contributed by atoms with Gasteiger partial charge in [-0.05, 0) is 23.8 Å². The van der Waals surface area contributed by atoms with E-state index >= 15 is 0 Å². The molecule has 0 radical (unpaired) electrons. The fraction of sp³-hybridized carbons (Fsp3) is 0.182. The molecule has 4 nitrogen and oxygen atoms in total. The Morgan fingerprint density at radius 3 is 3.07 bits per heavy atom. The molecule has 1 aliphatic rings. The summed E-state index contributed by atoms with van der Waals surface area (Å²) < 4.78 is 5.40. The average Bonchev–Trinajstić information content (AvgIpc) is 2.18. The number of fused-ring (bicyclic) bond motifs is 1. The molecule has 1 aliphatic heterocycles. The molecule has 0 aliphatic carbocycles. The zero-order chi connectivity index (χ0) is 10.8. The van der Waals surface area contributed by atoms with Gasteiger partial charge in [-0.1, -0.05) is 0 Å². The molecule has 1 aromatic rings. The Morgan fingerprint density at radius 1 is 1.53 bits per heavy atom. The van der Waals surface area contributed by atoms with Crippen LogP contribution in [-0.2, 0) is 4.79 Å². The third-order valence-electron chi connectivity index (χ3n) is 2.28. The van der Waals surface area contributed by atoms with Crippen LogP contribution in [-0.4, -0.2) is 17.7 Å². The van der Waals surface area contributed by atoms with E-state index < -0.39 is 5.97 Å². The molecular weight excluding hydrogens is 194 g/mol. The molecule has 0 fully saturated rings. The van der Waals surface area contributed by atoms with E-state index in [0.29, 0.717) is 24.5 Å². The second-order valence-corrected chi connectivity index (χ2v) is 3.36. The first-order chi connectivity index (χ1) is 7.16. The molecule has 0 atom stereocenters. The molecule has 3 N–H and O–H groups in total. The number of carboxylic acid groups (broad SMARTS) is 1. The van der Waals surface area contributed by atoms with Crippen molar-refractivity contribution in [2.24, 2.45) is 0 Å². The van der Waals surface area contributed by atoms with Crippen molar-refractivity contribution in [1.29, 1.82) is 0 Å². The fourth-order valence-electron chi connectivity index (χ4n) is 1.63. The normalized spacial score (nSPS) is 16.9. The van der Waals surface area contributed by atoms with Crippen molar-refractivity contribution in [2.45, 2.75) is 6.42 Å². The van der Waals surface area contributed by atoms with Crippen LogP contribution in [0.5, 0.6) is 5.75 Å². The predicted molar refractivity (Wildman–Crippen MR) is 56.6 cm³/mol. The van der Waals surface area contributed by atoms with Gasteiger partial charge in [-0.25, -0.2) is 4.79 Å². The van der Waals surface area contributed by atoms with Crippen molar-refractivity contribution in [3.05, 3.63) is 29.8 Å². The van der Waals surface area contributed by atoms with E-state index in [0.717, 1.165) is 11.1 Å². The van der Waals surface area contributed by atoms with E-state index in [-0.39, 0.29) is 0 Å². The lowest BCUT2D eigenvalue weighted by molar-refractivity contribution is -0.131. The van der Waals surface area contributed by atoms with Gasteiger partial charge < -0.3 is 15.6 Å². The second kappa shape index (κ2) is 3.65. The van der Waals surface area contributed by atoms with E-state index in [1.807, 2.05) is 0 Å². The monoisotopic (exact) mass is 205 g/mol. The highest BCUT2D eigenvalue weighted by Gasteiger charge is 2.16. The molecule has 15 heavy (non-hydrogen) atoms. The molecule has 1 heterocycles. The molecule has 0 amide bonds. The Bertz CT molecular complexity index is 437. The number of nitrogens with two attached hydrogens (primary N) is 1. The van der Waals surface area contributed by atoms with Crippen molar-refractivity contribution in [3.63, 3.8) is 0 Å². The Balaban J connectivity index is 2.49. The van der Waals surface area contributed by atoms with Gasteiger partial charge in [-0.3, -0.25) is 0 Å². The number of ether oxygens (including phenoxy) is 1. The molecular formula is C11H11NO3. The fourth-order valence-corrected chi connectivity index (χ4v) is 1.63. The minimum absolute atomic E-state index is 0.510. The van der Waals surface area contributed by atoms with Crippen molar-refractivity contribution < 1.29 is 14.6 Å². The Kier molecular flexibility index (Phi) is 2.33. The lowest BCUT2D eigenvalue weighted by Crippen LogP contribution is -2.09. The lowest BCUT2D eigenvalue weighted by Gasteiger charge is -2.19. The van der Waals surface area contributed by atoms with Crippen LogP contribution in [0.25, 0.3) is 5.57 Å². The van der Waals surface area contributed by atoms with Gasteiger partial charge >= 0.3 is 5.97 Å². The number of carbonyl (C=O) groups is 1. The Morgan fingerprint density at radius 2 is 2.33 bits per heavy atom. The van der Waals surface area contributed by atoms with Crippen molar-refractivity contribution in [3.8, 4) is 5.75 Å². The third kappa shape index (κ3) is 1.93. The summed E-state index contributed by atoms with van der Waals surface area (Å²) in [4.78, 5) is 10.6.